The summed E-state index contributed by atoms with van der Waals surface area (Å²) in [5.74, 6) is 0.230. The topological polar surface area (TPSA) is 50.9 Å². The summed E-state index contributed by atoms with van der Waals surface area (Å²) in [6.45, 7) is 3.56. The monoisotopic (exact) mass is 209 g/mol. The second-order valence-corrected chi connectivity index (χ2v) is 3.73. The van der Waals surface area contributed by atoms with Crippen LogP contribution in [0.2, 0.25) is 0 Å². The Kier molecular flexibility index (Phi) is 4.49. The molecule has 0 aromatic carbocycles. The summed E-state index contributed by atoms with van der Waals surface area (Å²) < 4.78 is 0. The second kappa shape index (κ2) is 5.67. The maximum absolute atomic E-state index is 5.49. The molecule has 1 aromatic rings. The van der Waals surface area contributed by atoms with Gasteiger partial charge in [0.25, 0.3) is 0 Å². The number of hydrogen-bond acceptors (Lipinski definition) is 3. The first kappa shape index (κ1) is 11.1. The third-order valence-corrected chi connectivity index (χ3v) is 2.37. The van der Waals surface area contributed by atoms with Gasteiger partial charge in [-0.05, 0) is 12.1 Å². The highest BCUT2D eigenvalue weighted by molar-refractivity contribution is 7.80. The average Bonchev–Trinajstić information content (AvgIpc) is 2.19. The molecule has 14 heavy (non-hydrogen) atoms. The predicted molar refractivity (Wildman–Crippen MR) is 61.9 cm³/mol. The Morgan fingerprint density at radius 3 is 3.00 bits per heavy atom. The third kappa shape index (κ3) is 3.81. The standard InChI is InChI=1S/C10H15N3S/c1-8(10(11)14)6-12-7-9-4-2-3-5-13-9/h2-5,8,12H,6-7H2,1H3,(H2,11,14). The zero-order chi connectivity index (χ0) is 10.4. The van der Waals surface area contributed by atoms with Crippen LogP contribution in [0.5, 0.6) is 0 Å². The molecule has 0 saturated heterocycles. The first-order valence-corrected chi connectivity index (χ1v) is 5.01. The maximum atomic E-state index is 5.49. The molecule has 0 spiro atoms. The van der Waals surface area contributed by atoms with Crippen LogP contribution in [-0.4, -0.2) is 16.5 Å². The van der Waals surface area contributed by atoms with Gasteiger partial charge in [-0.2, -0.15) is 0 Å². The lowest BCUT2D eigenvalue weighted by molar-refractivity contribution is 0.610. The van der Waals surface area contributed by atoms with Crippen LogP contribution >= 0.6 is 12.2 Å². The summed E-state index contributed by atoms with van der Waals surface area (Å²) in [5.41, 5.74) is 6.52. The predicted octanol–water partition coefficient (Wildman–Crippen LogP) is 1.09. The molecule has 1 aromatic heterocycles. The smallest absolute Gasteiger partial charge is 0.0768 e. The van der Waals surface area contributed by atoms with Gasteiger partial charge in [0.15, 0.2) is 0 Å². The second-order valence-electron chi connectivity index (χ2n) is 3.26. The van der Waals surface area contributed by atoms with Crippen molar-refractivity contribution in [3.05, 3.63) is 30.1 Å². The van der Waals surface area contributed by atoms with Crippen molar-refractivity contribution in [1.82, 2.24) is 10.3 Å². The third-order valence-electron chi connectivity index (χ3n) is 1.97. The number of nitrogens with zero attached hydrogens (tertiary/aromatic N) is 1. The highest BCUT2D eigenvalue weighted by atomic mass is 32.1. The van der Waals surface area contributed by atoms with E-state index in [0.29, 0.717) is 4.99 Å². The van der Waals surface area contributed by atoms with Crippen LogP contribution in [0.15, 0.2) is 24.4 Å². The molecular weight excluding hydrogens is 194 g/mol. The molecule has 1 rings (SSSR count). The van der Waals surface area contributed by atoms with E-state index in [1.807, 2.05) is 25.1 Å². The minimum Gasteiger partial charge on any atom is -0.393 e. The fourth-order valence-corrected chi connectivity index (χ4v) is 1.10. The van der Waals surface area contributed by atoms with Crippen LogP contribution < -0.4 is 11.1 Å². The van der Waals surface area contributed by atoms with Crippen LogP contribution in [0.25, 0.3) is 0 Å². The van der Waals surface area contributed by atoms with E-state index in [0.717, 1.165) is 18.8 Å². The SMILES string of the molecule is CC(CNCc1ccccn1)C(N)=S. The molecular formula is C10H15N3S. The Morgan fingerprint density at radius 2 is 2.43 bits per heavy atom. The summed E-state index contributed by atoms with van der Waals surface area (Å²) in [6, 6.07) is 5.86. The highest BCUT2D eigenvalue weighted by Crippen LogP contribution is 1.95. The lowest BCUT2D eigenvalue weighted by Gasteiger charge is -2.10. The van der Waals surface area contributed by atoms with Crippen LogP contribution in [0, 0.1) is 5.92 Å². The summed E-state index contributed by atoms with van der Waals surface area (Å²) in [5, 5.41) is 3.25. The van der Waals surface area contributed by atoms with Crippen molar-refractivity contribution in [2.45, 2.75) is 13.5 Å². The largest absolute Gasteiger partial charge is 0.393 e. The van der Waals surface area contributed by atoms with Crippen LogP contribution in [0.1, 0.15) is 12.6 Å². The molecule has 4 heteroatoms. The van der Waals surface area contributed by atoms with E-state index in [2.05, 4.69) is 10.3 Å². The van der Waals surface area contributed by atoms with E-state index in [9.17, 15) is 0 Å². The molecule has 1 heterocycles. The number of nitrogens with two attached hydrogens (primary N) is 1. The quantitative estimate of drug-likeness (QED) is 0.713. The van der Waals surface area contributed by atoms with Gasteiger partial charge in [-0.1, -0.05) is 25.2 Å². The Bertz CT molecular complexity index is 287. The molecule has 0 fully saturated rings. The van der Waals surface area contributed by atoms with Crippen LogP contribution in [-0.2, 0) is 6.54 Å². The summed E-state index contributed by atoms with van der Waals surface area (Å²) in [6.07, 6.45) is 1.79. The molecule has 3 N–H and O–H groups in total. The molecule has 0 radical (unpaired) electrons. The number of nitrogens with one attached hydrogen (secondary N) is 1. The molecule has 1 atom stereocenters. The lowest BCUT2D eigenvalue weighted by atomic mass is 10.2. The van der Waals surface area contributed by atoms with Gasteiger partial charge in [-0.25, -0.2) is 0 Å². The van der Waals surface area contributed by atoms with Crippen molar-refractivity contribution in [3.63, 3.8) is 0 Å². The van der Waals surface area contributed by atoms with Gasteiger partial charge in [0.1, 0.15) is 0 Å². The van der Waals surface area contributed by atoms with E-state index >= 15 is 0 Å². The van der Waals surface area contributed by atoms with Gasteiger partial charge in [0.05, 0.1) is 10.7 Å². The zero-order valence-electron chi connectivity index (χ0n) is 8.23. The Hall–Kier alpha value is -1.00. The molecule has 0 bridgehead atoms. The Balaban J connectivity index is 2.26. The normalized spacial score (nSPS) is 12.4. The minimum atomic E-state index is 0.230. The average molecular weight is 209 g/mol. The van der Waals surface area contributed by atoms with Gasteiger partial charge in [0.2, 0.25) is 0 Å². The maximum Gasteiger partial charge on any atom is 0.0768 e. The Morgan fingerprint density at radius 1 is 1.64 bits per heavy atom. The number of rotatable bonds is 5. The minimum absolute atomic E-state index is 0.230. The molecule has 1 unspecified atom stereocenters. The van der Waals surface area contributed by atoms with Crippen molar-refractivity contribution < 1.29 is 0 Å². The van der Waals surface area contributed by atoms with Crippen molar-refractivity contribution in [2.75, 3.05) is 6.54 Å². The van der Waals surface area contributed by atoms with Gasteiger partial charge in [-0.3, -0.25) is 4.98 Å². The van der Waals surface area contributed by atoms with Gasteiger partial charge in [-0.15, -0.1) is 0 Å². The zero-order valence-corrected chi connectivity index (χ0v) is 9.05. The first-order valence-electron chi connectivity index (χ1n) is 4.60. The van der Waals surface area contributed by atoms with Crippen LogP contribution in [0.3, 0.4) is 0 Å². The van der Waals surface area contributed by atoms with Gasteiger partial charge >= 0.3 is 0 Å². The highest BCUT2D eigenvalue weighted by Gasteiger charge is 2.03. The Labute approximate surface area is 89.7 Å². The van der Waals surface area contributed by atoms with Crippen LogP contribution in [0.4, 0.5) is 0 Å². The van der Waals surface area contributed by atoms with Crippen molar-refractivity contribution in [2.24, 2.45) is 11.7 Å². The summed E-state index contributed by atoms with van der Waals surface area (Å²) in [4.78, 5) is 4.75. The molecule has 0 saturated carbocycles. The molecule has 76 valence electrons. The summed E-state index contributed by atoms with van der Waals surface area (Å²) >= 11 is 4.87. The van der Waals surface area contributed by atoms with Gasteiger partial charge < -0.3 is 11.1 Å². The molecule has 0 aliphatic rings. The van der Waals surface area contributed by atoms with Crippen molar-refractivity contribution >= 4 is 17.2 Å². The fourth-order valence-electron chi connectivity index (χ4n) is 1.02. The molecule has 0 amide bonds. The number of thiocarbonyl (C=S) groups is 1. The van der Waals surface area contributed by atoms with E-state index in [1.165, 1.54) is 0 Å². The molecule has 0 aliphatic carbocycles. The number of hydrogen-bond donors (Lipinski definition) is 2. The summed E-state index contributed by atoms with van der Waals surface area (Å²) in [7, 11) is 0. The van der Waals surface area contributed by atoms with E-state index < -0.39 is 0 Å². The van der Waals surface area contributed by atoms with E-state index in [1.54, 1.807) is 6.20 Å². The van der Waals surface area contributed by atoms with Gasteiger partial charge in [0, 0.05) is 25.2 Å². The van der Waals surface area contributed by atoms with E-state index in [4.69, 9.17) is 18.0 Å². The first-order chi connectivity index (χ1) is 6.70. The number of aromatic nitrogens is 1. The van der Waals surface area contributed by atoms with Crippen molar-refractivity contribution in [3.8, 4) is 0 Å². The molecule has 3 nitrogen and oxygen atoms in total. The fraction of sp³-hybridized carbons (Fsp3) is 0.400. The number of pyridine rings is 1. The van der Waals surface area contributed by atoms with Crippen molar-refractivity contribution in [1.29, 1.82) is 0 Å². The van der Waals surface area contributed by atoms with E-state index in [-0.39, 0.29) is 5.92 Å². The molecule has 0 aliphatic heterocycles. The lowest BCUT2D eigenvalue weighted by Crippen LogP contribution is -2.29.